The minimum atomic E-state index is -2.94. The fourth-order valence-electron chi connectivity index (χ4n) is 0.901. The molecule has 76 valence electrons. The Balaban J connectivity index is 2.85. The van der Waals surface area contributed by atoms with Gasteiger partial charge in [-0.2, -0.15) is 8.78 Å². The van der Waals surface area contributed by atoms with Gasteiger partial charge in [-0.3, -0.25) is 0 Å². The van der Waals surface area contributed by atoms with Gasteiger partial charge in [0.1, 0.15) is 5.75 Å². The maximum atomic E-state index is 11.9. The Morgan fingerprint density at radius 3 is 2.64 bits per heavy atom. The number of primary amides is 1. The van der Waals surface area contributed by atoms with Crippen molar-refractivity contribution in [2.75, 3.05) is 5.32 Å². The van der Waals surface area contributed by atoms with Gasteiger partial charge in [0, 0.05) is 0 Å². The zero-order chi connectivity index (χ0) is 10.6. The lowest BCUT2D eigenvalue weighted by Gasteiger charge is -2.09. The fraction of sp³-hybridized carbons (Fsp3) is 0.125. The van der Waals surface area contributed by atoms with Crippen LogP contribution in [0.4, 0.5) is 19.3 Å². The Labute approximate surface area is 78.7 Å². The molecule has 0 saturated carbocycles. The molecule has 1 aromatic rings. The zero-order valence-electron chi connectivity index (χ0n) is 7.04. The van der Waals surface area contributed by atoms with E-state index in [2.05, 4.69) is 10.1 Å². The lowest BCUT2D eigenvalue weighted by atomic mass is 10.3. The fourth-order valence-corrected chi connectivity index (χ4v) is 0.901. The molecule has 0 spiro atoms. The van der Waals surface area contributed by atoms with E-state index in [0.717, 1.165) is 0 Å². The number of alkyl halides is 2. The number of para-hydroxylation sites is 2. The summed E-state index contributed by atoms with van der Waals surface area (Å²) in [5.74, 6) is -0.124. The molecule has 14 heavy (non-hydrogen) atoms. The zero-order valence-corrected chi connectivity index (χ0v) is 7.04. The molecule has 4 nitrogen and oxygen atoms in total. The van der Waals surface area contributed by atoms with Crippen molar-refractivity contribution in [2.45, 2.75) is 6.61 Å². The number of anilines is 1. The van der Waals surface area contributed by atoms with Crippen LogP contribution in [0.25, 0.3) is 0 Å². The molecule has 1 rings (SSSR count). The first-order valence-electron chi connectivity index (χ1n) is 3.70. The third-order valence-electron chi connectivity index (χ3n) is 1.36. The summed E-state index contributed by atoms with van der Waals surface area (Å²) in [6, 6.07) is 4.93. The number of nitrogens with two attached hydrogens (primary N) is 1. The van der Waals surface area contributed by atoms with Crippen LogP contribution >= 0.6 is 0 Å². The largest absolute Gasteiger partial charge is 0.433 e. The number of urea groups is 1. The number of carbonyl (C=O) groups is 1. The van der Waals surface area contributed by atoms with Crippen molar-refractivity contribution in [2.24, 2.45) is 5.73 Å². The molecule has 0 unspecified atom stereocenters. The average Bonchev–Trinajstić information content (AvgIpc) is 2.06. The Morgan fingerprint density at radius 2 is 2.07 bits per heavy atom. The Kier molecular flexibility index (Phi) is 3.22. The van der Waals surface area contributed by atoms with Gasteiger partial charge >= 0.3 is 12.6 Å². The normalized spacial score (nSPS) is 9.93. The second-order valence-electron chi connectivity index (χ2n) is 2.36. The van der Waals surface area contributed by atoms with Gasteiger partial charge in [0.05, 0.1) is 5.69 Å². The second-order valence-corrected chi connectivity index (χ2v) is 2.36. The number of ether oxygens (including phenoxy) is 1. The van der Waals surface area contributed by atoms with Gasteiger partial charge in [-0.1, -0.05) is 12.1 Å². The molecule has 6 heteroatoms. The van der Waals surface area contributed by atoms with Crippen molar-refractivity contribution in [1.82, 2.24) is 0 Å². The molecule has 2 amide bonds. The molecule has 3 N–H and O–H groups in total. The Hall–Kier alpha value is -1.85. The van der Waals surface area contributed by atoms with E-state index in [9.17, 15) is 13.6 Å². The minimum Gasteiger partial charge on any atom is -0.433 e. The monoisotopic (exact) mass is 202 g/mol. The van der Waals surface area contributed by atoms with E-state index in [-0.39, 0.29) is 11.4 Å². The molecule has 0 aliphatic rings. The van der Waals surface area contributed by atoms with Crippen molar-refractivity contribution < 1.29 is 18.3 Å². The predicted molar refractivity (Wildman–Crippen MR) is 46.3 cm³/mol. The van der Waals surface area contributed by atoms with Crippen molar-refractivity contribution in [3.63, 3.8) is 0 Å². The van der Waals surface area contributed by atoms with Crippen molar-refractivity contribution >= 4 is 11.7 Å². The van der Waals surface area contributed by atoms with Crippen LogP contribution in [0.3, 0.4) is 0 Å². The Morgan fingerprint density at radius 1 is 1.43 bits per heavy atom. The van der Waals surface area contributed by atoms with E-state index < -0.39 is 12.6 Å². The number of hydrogen-bond donors (Lipinski definition) is 2. The molecule has 0 radical (unpaired) electrons. The third kappa shape index (κ3) is 2.89. The number of carbonyl (C=O) groups excluding carboxylic acids is 1. The highest BCUT2D eigenvalue weighted by Gasteiger charge is 2.09. The first-order chi connectivity index (χ1) is 6.59. The third-order valence-corrected chi connectivity index (χ3v) is 1.36. The van der Waals surface area contributed by atoms with Crippen molar-refractivity contribution in [3.05, 3.63) is 24.3 Å². The molecule has 0 heterocycles. The minimum absolute atomic E-state index is 0.111. The van der Waals surface area contributed by atoms with Crippen molar-refractivity contribution in [1.29, 1.82) is 0 Å². The van der Waals surface area contributed by atoms with E-state index in [4.69, 9.17) is 5.73 Å². The molecule has 0 aliphatic carbocycles. The summed E-state index contributed by atoms with van der Waals surface area (Å²) < 4.78 is 27.9. The number of hydrogen-bond acceptors (Lipinski definition) is 2. The van der Waals surface area contributed by atoms with Crippen LogP contribution in [0.1, 0.15) is 0 Å². The van der Waals surface area contributed by atoms with Crippen LogP contribution in [0.15, 0.2) is 24.3 Å². The molecule has 0 bridgehead atoms. The molecule has 1 aromatic carbocycles. The molecule has 0 aliphatic heterocycles. The van der Waals surface area contributed by atoms with Crippen LogP contribution in [-0.4, -0.2) is 12.6 Å². The number of benzene rings is 1. The van der Waals surface area contributed by atoms with Crippen molar-refractivity contribution in [3.8, 4) is 5.75 Å². The van der Waals surface area contributed by atoms with E-state index >= 15 is 0 Å². The Bertz CT molecular complexity index is 331. The maximum absolute atomic E-state index is 11.9. The number of amides is 2. The van der Waals surface area contributed by atoms with Gasteiger partial charge in [0.2, 0.25) is 0 Å². The number of halogens is 2. The molecular formula is C8H8F2N2O2. The first kappa shape index (κ1) is 10.2. The number of rotatable bonds is 3. The predicted octanol–water partition coefficient (Wildman–Crippen LogP) is 1.78. The van der Waals surface area contributed by atoms with E-state index in [0.29, 0.717) is 0 Å². The summed E-state index contributed by atoms with van der Waals surface area (Å²) in [6.07, 6.45) is 0. The summed E-state index contributed by atoms with van der Waals surface area (Å²) in [6.45, 7) is -2.94. The van der Waals surface area contributed by atoms with Gasteiger partial charge < -0.3 is 15.8 Å². The average molecular weight is 202 g/mol. The summed E-state index contributed by atoms with van der Waals surface area (Å²) in [5, 5.41) is 2.16. The van der Waals surface area contributed by atoms with Crippen LogP contribution in [-0.2, 0) is 0 Å². The van der Waals surface area contributed by atoms with Crippen LogP contribution in [0.2, 0.25) is 0 Å². The topological polar surface area (TPSA) is 64.4 Å². The smallest absolute Gasteiger partial charge is 0.387 e. The highest BCUT2D eigenvalue weighted by Crippen LogP contribution is 2.24. The SMILES string of the molecule is NC(=O)Nc1ccccc1OC(F)F. The quantitative estimate of drug-likeness (QED) is 0.784. The lowest BCUT2D eigenvalue weighted by molar-refractivity contribution is -0.0493. The van der Waals surface area contributed by atoms with Gasteiger partial charge in [0.25, 0.3) is 0 Å². The molecular weight excluding hydrogens is 194 g/mol. The lowest BCUT2D eigenvalue weighted by Crippen LogP contribution is -2.20. The summed E-state index contributed by atoms with van der Waals surface area (Å²) in [7, 11) is 0. The molecule has 0 saturated heterocycles. The molecule has 0 aromatic heterocycles. The van der Waals surface area contributed by atoms with E-state index in [1.807, 2.05) is 0 Å². The summed E-state index contributed by atoms with van der Waals surface area (Å²) >= 11 is 0. The van der Waals surface area contributed by atoms with E-state index in [1.165, 1.54) is 18.2 Å². The summed E-state index contributed by atoms with van der Waals surface area (Å²) in [4.78, 5) is 10.5. The maximum Gasteiger partial charge on any atom is 0.387 e. The van der Waals surface area contributed by atoms with Gasteiger partial charge in [-0.05, 0) is 12.1 Å². The van der Waals surface area contributed by atoms with Gasteiger partial charge in [0.15, 0.2) is 0 Å². The summed E-state index contributed by atoms with van der Waals surface area (Å²) in [5.41, 5.74) is 4.94. The molecule has 0 fully saturated rings. The van der Waals surface area contributed by atoms with Crippen LogP contribution < -0.4 is 15.8 Å². The van der Waals surface area contributed by atoms with Gasteiger partial charge in [-0.25, -0.2) is 4.79 Å². The standard InChI is InChI=1S/C8H8F2N2O2/c9-7(10)14-6-4-2-1-3-5(6)12-8(11)13/h1-4,7H,(H3,11,12,13). The highest BCUT2D eigenvalue weighted by atomic mass is 19.3. The van der Waals surface area contributed by atoms with Crippen LogP contribution in [0, 0.1) is 0 Å². The second kappa shape index (κ2) is 4.40. The van der Waals surface area contributed by atoms with E-state index in [1.54, 1.807) is 6.07 Å². The molecule has 0 atom stereocenters. The van der Waals surface area contributed by atoms with Crippen LogP contribution in [0.5, 0.6) is 5.75 Å². The van der Waals surface area contributed by atoms with Gasteiger partial charge in [-0.15, -0.1) is 0 Å². The first-order valence-corrected chi connectivity index (χ1v) is 3.70. The highest BCUT2D eigenvalue weighted by molar-refractivity contribution is 5.89. The number of nitrogens with one attached hydrogen (secondary N) is 1.